The van der Waals surface area contributed by atoms with Gasteiger partial charge in [0.25, 0.3) is 0 Å². The minimum absolute atomic E-state index is 0.272. The highest BCUT2D eigenvalue weighted by Crippen LogP contribution is 2.35. The fraction of sp³-hybridized carbons (Fsp3) is 0.462. The van der Waals surface area contributed by atoms with Crippen LogP contribution in [0.3, 0.4) is 0 Å². The average Bonchev–Trinajstić information content (AvgIpc) is 2.50. The molecule has 0 aromatic heterocycles. The summed E-state index contributed by atoms with van der Waals surface area (Å²) in [5.41, 5.74) is 1.32. The lowest BCUT2D eigenvalue weighted by Crippen LogP contribution is -2.28. The van der Waals surface area contributed by atoms with E-state index in [9.17, 15) is 4.79 Å². The van der Waals surface area contributed by atoms with Crippen LogP contribution in [0.15, 0.2) is 29.2 Å². The second-order valence-electron chi connectivity index (χ2n) is 4.03. The highest BCUT2D eigenvalue weighted by Gasteiger charge is 2.23. The van der Waals surface area contributed by atoms with Gasteiger partial charge in [0.15, 0.2) is 0 Å². The van der Waals surface area contributed by atoms with Crippen LogP contribution >= 0.6 is 11.8 Å². The van der Waals surface area contributed by atoms with E-state index in [0.717, 1.165) is 31.5 Å². The molecule has 0 aliphatic carbocycles. The van der Waals surface area contributed by atoms with Gasteiger partial charge in [-0.2, -0.15) is 0 Å². The molecule has 0 spiro atoms. The summed E-state index contributed by atoms with van der Waals surface area (Å²) in [6.45, 7) is 3.02. The third-order valence-corrected chi connectivity index (χ3v) is 4.05. The minimum atomic E-state index is 0.272. The molecule has 0 bridgehead atoms. The molecule has 1 aromatic rings. The maximum Gasteiger partial charge on any atom is 0.210 e. The van der Waals surface area contributed by atoms with E-state index in [4.69, 9.17) is 0 Å². The predicted octanol–water partition coefficient (Wildman–Crippen LogP) is 3.09. The Morgan fingerprint density at radius 2 is 2.31 bits per heavy atom. The Morgan fingerprint density at radius 1 is 1.50 bits per heavy atom. The summed E-state index contributed by atoms with van der Waals surface area (Å²) >= 11 is 1.86. The Kier molecular flexibility index (Phi) is 3.88. The van der Waals surface area contributed by atoms with Gasteiger partial charge in [0, 0.05) is 17.2 Å². The third kappa shape index (κ3) is 2.24. The van der Waals surface area contributed by atoms with Gasteiger partial charge in [-0.3, -0.25) is 4.79 Å². The maximum absolute atomic E-state index is 11.1. The summed E-state index contributed by atoms with van der Waals surface area (Å²) in [6, 6.07) is 8.73. The lowest BCUT2D eigenvalue weighted by molar-refractivity contribution is -0.120. The first-order valence-electron chi connectivity index (χ1n) is 5.79. The van der Waals surface area contributed by atoms with Gasteiger partial charge in [-0.05, 0) is 18.1 Å². The fourth-order valence-electron chi connectivity index (χ4n) is 2.20. The van der Waals surface area contributed by atoms with Gasteiger partial charge in [-0.25, -0.2) is 0 Å². The summed E-state index contributed by atoms with van der Waals surface area (Å²) < 4.78 is 0. The van der Waals surface area contributed by atoms with Crippen molar-refractivity contribution in [1.82, 2.24) is 4.90 Å². The average molecular weight is 235 g/mol. The van der Waals surface area contributed by atoms with Crippen LogP contribution in [0.4, 0.5) is 0 Å². The zero-order valence-electron chi connectivity index (χ0n) is 9.56. The Labute approximate surface area is 101 Å². The van der Waals surface area contributed by atoms with Crippen molar-refractivity contribution in [3.63, 3.8) is 0 Å². The number of fused-ring (bicyclic) bond motifs is 1. The van der Waals surface area contributed by atoms with Crippen molar-refractivity contribution in [2.24, 2.45) is 0 Å². The van der Waals surface area contributed by atoms with Crippen molar-refractivity contribution in [2.45, 2.75) is 30.7 Å². The number of carbonyl (C=O) groups excluding carboxylic acids is 1. The van der Waals surface area contributed by atoms with Crippen molar-refractivity contribution in [3.8, 4) is 0 Å². The molecule has 86 valence electrons. The highest BCUT2D eigenvalue weighted by molar-refractivity contribution is 7.99. The molecular weight excluding hydrogens is 218 g/mol. The molecular formula is C13H17NOS. The van der Waals surface area contributed by atoms with E-state index in [2.05, 4.69) is 31.2 Å². The van der Waals surface area contributed by atoms with Crippen LogP contribution in [0.5, 0.6) is 0 Å². The topological polar surface area (TPSA) is 20.3 Å². The molecule has 1 aliphatic heterocycles. The molecule has 2 nitrogen and oxygen atoms in total. The van der Waals surface area contributed by atoms with E-state index < -0.39 is 0 Å². The SMILES string of the molecule is CCCC1c2ccccc2SCCN1C=O. The van der Waals surface area contributed by atoms with E-state index in [1.54, 1.807) is 0 Å². The quantitative estimate of drug-likeness (QED) is 0.750. The van der Waals surface area contributed by atoms with Gasteiger partial charge < -0.3 is 4.90 Å². The van der Waals surface area contributed by atoms with Crippen molar-refractivity contribution in [1.29, 1.82) is 0 Å². The predicted molar refractivity (Wildman–Crippen MR) is 67.6 cm³/mol. The Balaban J connectivity index is 2.36. The molecule has 0 saturated carbocycles. The van der Waals surface area contributed by atoms with Crippen LogP contribution < -0.4 is 0 Å². The van der Waals surface area contributed by atoms with E-state index in [-0.39, 0.29) is 6.04 Å². The molecule has 1 heterocycles. The second-order valence-corrected chi connectivity index (χ2v) is 5.17. The molecule has 1 atom stereocenters. The normalized spacial score (nSPS) is 20.1. The Hall–Kier alpha value is -0.960. The molecule has 0 saturated heterocycles. The van der Waals surface area contributed by atoms with Gasteiger partial charge in [0.05, 0.1) is 6.04 Å². The molecule has 0 fully saturated rings. The second kappa shape index (κ2) is 5.39. The first-order valence-corrected chi connectivity index (χ1v) is 6.78. The smallest absolute Gasteiger partial charge is 0.210 e. The molecule has 3 heteroatoms. The molecule has 0 radical (unpaired) electrons. The van der Waals surface area contributed by atoms with E-state index >= 15 is 0 Å². The van der Waals surface area contributed by atoms with E-state index in [0.29, 0.717) is 0 Å². The lowest BCUT2D eigenvalue weighted by Gasteiger charge is -2.26. The molecule has 1 unspecified atom stereocenters. The van der Waals surface area contributed by atoms with Crippen LogP contribution in [0.1, 0.15) is 31.4 Å². The molecule has 1 aliphatic rings. The summed E-state index contributed by atoms with van der Waals surface area (Å²) in [5, 5.41) is 0. The van der Waals surface area contributed by atoms with Gasteiger partial charge in [-0.1, -0.05) is 31.5 Å². The number of hydrogen-bond donors (Lipinski definition) is 0. The first kappa shape index (κ1) is 11.5. The van der Waals surface area contributed by atoms with Gasteiger partial charge in [0.1, 0.15) is 0 Å². The van der Waals surface area contributed by atoms with Crippen molar-refractivity contribution in [3.05, 3.63) is 29.8 Å². The lowest BCUT2D eigenvalue weighted by atomic mass is 10.0. The number of rotatable bonds is 3. The monoisotopic (exact) mass is 235 g/mol. The molecule has 1 amide bonds. The highest BCUT2D eigenvalue weighted by atomic mass is 32.2. The third-order valence-electron chi connectivity index (χ3n) is 2.98. The summed E-state index contributed by atoms with van der Waals surface area (Å²) in [7, 11) is 0. The van der Waals surface area contributed by atoms with Crippen LogP contribution in [0.2, 0.25) is 0 Å². The minimum Gasteiger partial charge on any atom is -0.337 e. The van der Waals surface area contributed by atoms with Crippen molar-refractivity contribution >= 4 is 18.2 Å². The molecule has 0 N–H and O–H groups in total. The Bertz CT molecular complexity index is 367. The molecule has 2 rings (SSSR count). The van der Waals surface area contributed by atoms with Crippen molar-refractivity contribution in [2.75, 3.05) is 12.3 Å². The van der Waals surface area contributed by atoms with E-state index in [1.807, 2.05) is 16.7 Å². The van der Waals surface area contributed by atoms with Gasteiger partial charge in [-0.15, -0.1) is 11.8 Å². The van der Waals surface area contributed by atoms with Gasteiger partial charge in [0.2, 0.25) is 6.41 Å². The van der Waals surface area contributed by atoms with Crippen LogP contribution in [0.25, 0.3) is 0 Å². The number of carbonyl (C=O) groups is 1. The van der Waals surface area contributed by atoms with Gasteiger partial charge >= 0.3 is 0 Å². The van der Waals surface area contributed by atoms with Crippen LogP contribution in [-0.4, -0.2) is 23.6 Å². The standard InChI is InChI=1S/C13H17NOS/c1-2-5-12-11-6-3-4-7-13(11)16-9-8-14(12)10-15/h3-4,6-7,10,12H,2,5,8-9H2,1H3. The largest absolute Gasteiger partial charge is 0.337 e. The number of nitrogens with zero attached hydrogens (tertiary/aromatic N) is 1. The molecule has 1 aromatic carbocycles. The van der Waals surface area contributed by atoms with Crippen molar-refractivity contribution < 1.29 is 4.79 Å². The fourth-order valence-corrected chi connectivity index (χ4v) is 3.27. The number of thioether (sulfide) groups is 1. The molecule has 16 heavy (non-hydrogen) atoms. The summed E-state index contributed by atoms with van der Waals surface area (Å²) in [5.74, 6) is 0.996. The first-order chi connectivity index (χ1) is 7.86. The summed E-state index contributed by atoms with van der Waals surface area (Å²) in [4.78, 5) is 14.4. The van der Waals surface area contributed by atoms with E-state index in [1.165, 1.54) is 10.5 Å². The summed E-state index contributed by atoms with van der Waals surface area (Å²) in [6.07, 6.45) is 3.16. The van der Waals surface area contributed by atoms with Crippen LogP contribution in [0, 0.1) is 0 Å². The number of amides is 1. The maximum atomic E-state index is 11.1. The zero-order valence-corrected chi connectivity index (χ0v) is 10.4. The number of hydrogen-bond acceptors (Lipinski definition) is 2. The number of benzene rings is 1. The van der Waals surface area contributed by atoms with Crippen LogP contribution in [-0.2, 0) is 4.79 Å². The Morgan fingerprint density at radius 3 is 3.06 bits per heavy atom. The zero-order chi connectivity index (χ0) is 11.4.